The number of piperazine rings is 1. The first-order valence-corrected chi connectivity index (χ1v) is 9.09. The number of likely N-dealkylation sites (N-methyl/N-ethyl adjacent to an activating group) is 1. The molecule has 0 bridgehead atoms. The van der Waals surface area contributed by atoms with Gasteiger partial charge in [0.05, 0.1) is 11.6 Å². The van der Waals surface area contributed by atoms with E-state index in [0.717, 1.165) is 25.2 Å². The van der Waals surface area contributed by atoms with Gasteiger partial charge in [-0.15, -0.1) is 0 Å². The van der Waals surface area contributed by atoms with Crippen LogP contribution in [0.1, 0.15) is 33.4 Å². The Morgan fingerprint density at radius 2 is 1.96 bits per heavy atom. The third-order valence-corrected chi connectivity index (χ3v) is 4.97. The summed E-state index contributed by atoms with van der Waals surface area (Å²) in [7, 11) is 2.05. The van der Waals surface area contributed by atoms with E-state index in [1.165, 1.54) is 0 Å². The molecule has 27 heavy (non-hydrogen) atoms. The highest BCUT2D eigenvalue weighted by Gasteiger charge is 2.26. The summed E-state index contributed by atoms with van der Waals surface area (Å²) in [4.78, 5) is 19.8. The molecule has 4 rings (SSSR count). The Kier molecular flexibility index (Phi) is 4.83. The molecule has 0 aliphatic carbocycles. The van der Waals surface area contributed by atoms with Gasteiger partial charge in [-0.05, 0) is 20.0 Å². The highest BCUT2D eigenvalue weighted by Crippen LogP contribution is 2.27. The van der Waals surface area contributed by atoms with E-state index in [2.05, 4.69) is 27.4 Å². The summed E-state index contributed by atoms with van der Waals surface area (Å²) in [6.45, 7) is 4.65. The topological polar surface area (TPSA) is 71.3 Å². The van der Waals surface area contributed by atoms with Gasteiger partial charge in [0.25, 0.3) is 5.89 Å². The van der Waals surface area contributed by atoms with E-state index in [1.807, 2.05) is 49.4 Å². The van der Waals surface area contributed by atoms with Crippen molar-refractivity contribution in [2.45, 2.75) is 13.0 Å². The van der Waals surface area contributed by atoms with Gasteiger partial charge >= 0.3 is 0 Å². The number of ketones is 1. The van der Waals surface area contributed by atoms with Crippen LogP contribution in [-0.2, 0) is 0 Å². The molecule has 3 aromatic rings. The number of aromatic nitrogens is 2. The summed E-state index contributed by atoms with van der Waals surface area (Å²) < 4.78 is 5.53. The second kappa shape index (κ2) is 7.42. The monoisotopic (exact) mass is 362 g/mol. The highest BCUT2D eigenvalue weighted by molar-refractivity contribution is 6.12. The number of nitrogens with zero attached hydrogens (tertiary/aromatic N) is 3. The lowest BCUT2D eigenvalue weighted by molar-refractivity contribution is 0.103. The molecule has 1 unspecified atom stereocenters. The first kappa shape index (κ1) is 17.6. The van der Waals surface area contributed by atoms with E-state index in [0.29, 0.717) is 28.4 Å². The number of hydrogen-bond acceptors (Lipinski definition) is 6. The Hall–Kier alpha value is -2.83. The molecule has 1 aliphatic rings. The van der Waals surface area contributed by atoms with Crippen molar-refractivity contribution in [3.63, 3.8) is 0 Å². The molecule has 1 aliphatic heterocycles. The van der Waals surface area contributed by atoms with E-state index >= 15 is 0 Å². The van der Waals surface area contributed by atoms with Crippen molar-refractivity contribution in [3.05, 3.63) is 71.0 Å². The molecule has 1 fully saturated rings. The fourth-order valence-electron chi connectivity index (χ4n) is 3.30. The Bertz CT molecular complexity index is 949. The minimum absolute atomic E-state index is 0.0539. The summed E-state index contributed by atoms with van der Waals surface area (Å²) in [6, 6.07) is 15.0. The summed E-state index contributed by atoms with van der Waals surface area (Å²) in [5.41, 5.74) is 2.98. The van der Waals surface area contributed by atoms with Crippen molar-refractivity contribution in [2.24, 2.45) is 0 Å². The van der Waals surface area contributed by atoms with Gasteiger partial charge in [-0.1, -0.05) is 53.2 Å². The zero-order valence-corrected chi connectivity index (χ0v) is 15.5. The molecule has 1 saturated heterocycles. The number of carbonyl (C=O) groups excluding carboxylic acids is 1. The first-order valence-electron chi connectivity index (χ1n) is 9.09. The number of benzene rings is 2. The van der Waals surface area contributed by atoms with Gasteiger partial charge < -0.3 is 9.84 Å². The van der Waals surface area contributed by atoms with E-state index in [4.69, 9.17) is 4.52 Å². The molecule has 0 radical (unpaired) electrons. The third kappa shape index (κ3) is 3.54. The molecule has 2 aromatic carbocycles. The lowest BCUT2D eigenvalue weighted by atomic mass is 9.97. The fraction of sp³-hybridized carbons (Fsp3) is 0.286. The van der Waals surface area contributed by atoms with Crippen LogP contribution >= 0.6 is 0 Å². The fourth-order valence-corrected chi connectivity index (χ4v) is 3.30. The molecule has 0 saturated carbocycles. The van der Waals surface area contributed by atoms with Crippen LogP contribution in [0, 0.1) is 6.92 Å². The second-order valence-corrected chi connectivity index (χ2v) is 6.90. The average Bonchev–Trinajstić information content (AvgIpc) is 3.18. The minimum atomic E-state index is -0.0539. The van der Waals surface area contributed by atoms with E-state index in [9.17, 15) is 4.79 Å². The van der Waals surface area contributed by atoms with Crippen molar-refractivity contribution >= 4 is 5.78 Å². The maximum absolute atomic E-state index is 13.0. The summed E-state index contributed by atoms with van der Waals surface area (Å²) >= 11 is 0. The van der Waals surface area contributed by atoms with Crippen LogP contribution in [-0.4, -0.2) is 47.5 Å². The predicted molar refractivity (Wildman–Crippen MR) is 103 cm³/mol. The molecular weight excluding hydrogens is 340 g/mol. The van der Waals surface area contributed by atoms with Crippen molar-refractivity contribution in [1.29, 1.82) is 0 Å². The summed E-state index contributed by atoms with van der Waals surface area (Å²) in [6.07, 6.45) is 0. The predicted octanol–water partition coefficient (Wildman–Crippen LogP) is 2.85. The molecule has 1 aromatic heterocycles. The molecular formula is C21H22N4O2. The lowest BCUT2D eigenvalue weighted by Gasteiger charge is -2.30. The van der Waals surface area contributed by atoms with E-state index < -0.39 is 0 Å². The van der Waals surface area contributed by atoms with Crippen molar-refractivity contribution < 1.29 is 9.32 Å². The number of nitrogens with one attached hydrogen (secondary N) is 1. The van der Waals surface area contributed by atoms with Gasteiger partial charge in [0.15, 0.2) is 11.6 Å². The van der Waals surface area contributed by atoms with Crippen LogP contribution in [0.2, 0.25) is 0 Å². The van der Waals surface area contributed by atoms with Crippen LogP contribution < -0.4 is 5.32 Å². The van der Waals surface area contributed by atoms with Gasteiger partial charge in [0.1, 0.15) is 0 Å². The first-order chi connectivity index (χ1) is 13.1. The van der Waals surface area contributed by atoms with E-state index in [1.54, 1.807) is 6.07 Å². The lowest BCUT2D eigenvalue weighted by Crippen LogP contribution is -2.44. The Morgan fingerprint density at radius 3 is 2.74 bits per heavy atom. The normalized spacial score (nSPS) is 17.8. The van der Waals surface area contributed by atoms with Crippen molar-refractivity contribution in [2.75, 3.05) is 26.7 Å². The zero-order valence-electron chi connectivity index (χ0n) is 15.5. The van der Waals surface area contributed by atoms with Crippen LogP contribution in [0.4, 0.5) is 0 Å². The van der Waals surface area contributed by atoms with Gasteiger partial charge in [0, 0.05) is 30.8 Å². The van der Waals surface area contributed by atoms with Gasteiger partial charge in [-0.2, -0.15) is 4.98 Å². The summed E-state index contributed by atoms with van der Waals surface area (Å²) in [5.74, 6) is 0.958. The molecule has 0 spiro atoms. The number of hydrogen-bond donors (Lipinski definition) is 1. The molecule has 6 heteroatoms. The largest absolute Gasteiger partial charge is 0.334 e. The molecule has 2 heterocycles. The highest BCUT2D eigenvalue weighted by atomic mass is 16.5. The van der Waals surface area contributed by atoms with Crippen LogP contribution in [0.25, 0.3) is 11.5 Å². The van der Waals surface area contributed by atoms with Crippen molar-refractivity contribution in [1.82, 2.24) is 20.4 Å². The van der Waals surface area contributed by atoms with Crippen LogP contribution in [0.5, 0.6) is 0 Å². The zero-order chi connectivity index (χ0) is 18.8. The van der Waals surface area contributed by atoms with Gasteiger partial charge in [-0.25, -0.2) is 0 Å². The van der Waals surface area contributed by atoms with E-state index in [-0.39, 0.29) is 11.8 Å². The second-order valence-electron chi connectivity index (χ2n) is 6.90. The quantitative estimate of drug-likeness (QED) is 0.720. The maximum Gasteiger partial charge on any atom is 0.258 e. The number of carbonyl (C=O) groups is 1. The van der Waals surface area contributed by atoms with Gasteiger partial charge in [0.2, 0.25) is 0 Å². The molecule has 138 valence electrons. The third-order valence-electron chi connectivity index (χ3n) is 4.97. The van der Waals surface area contributed by atoms with Crippen LogP contribution in [0.15, 0.2) is 53.1 Å². The Morgan fingerprint density at radius 1 is 1.19 bits per heavy atom. The SMILES string of the molecule is Cc1ccc(C(=O)c2ccccc2-c2nc(C3CNCCN3C)no2)cc1. The molecule has 1 atom stereocenters. The van der Waals surface area contributed by atoms with Crippen molar-refractivity contribution in [3.8, 4) is 11.5 Å². The Balaban J connectivity index is 1.67. The molecule has 6 nitrogen and oxygen atoms in total. The Labute approximate surface area is 158 Å². The average molecular weight is 362 g/mol. The maximum atomic E-state index is 13.0. The number of aryl methyl sites for hydroxylation is 1. The molecule has 1 N–H and O–H groups in total. The smallest absolute Gasteiger partial charge is 0.258 e. The standard InChI is InChI=1S/C21H22N4O2/c1-14-7-9-15(10-8-14)19(26)16-5-3-4-6-17(16)21-23-20(24-27-21)18-13-22-11-12-25(18)2/h3-10,18,22H,11-13H2,1-2H3. The molecule has 0 amide bonds. The van der Waals surface area contributed by atoms with Gasteiger partial charge in [-0.3, -0.25) is 9.69 Å². The number of rotatable bonds is 4. The van der Waals surface area contributed by atoms with Crippen LogP contribution in [0.3, 0.4) is 0 Å². The summed E-state index contributed by atoms with van der Waals surface area (Å²) in [5, 5.41) is 7.52. The minimum Gasteiger partial charge on any atom is -0.334 e.